The minimum atomic E-state index is -0.666. The van der Waals surface area contributed by atoms with Gasteiger partial charge < -0.3 is 14.2 Å². The molecule has 9 heteroatoms. The van der Waals surface area contributed by atoms with Crippen LogP contribution in [0.1, 0.15) is 42.4 Å². The summed E-state index contributed by atoms with van der Waals surface area (Å²) in [6.45, 7) is 7.70. The molecular weight excluding hydrogens is 527 g/mol. The van der Waals surface area contributed by atoms with Gasteiger partial charge in [-0.25, -0.2) is 14.2 Å². The zero-order valence-electron chi connectivity index (χ0n) is 23.4. The van der Waals surface area contributed by atoms with Crippen molar-refractivity contribution in [2.75, 3.05) is 25.6 Å². The highest BCUT2D eigenvalue weighted by atomic mass is 32.1. The van der Waals surface area contributed by atoms with Crippen molar-refractivity contribution in [3.8, 4) is 5.69 Å². The lowest BCUT2D eigenvalue weighted by molar-refractivity contribution is -0.139. The number of halogens is 1. The Morgan fingerprint density at radius 1 is 1.10 bits per heavy atom. The normalized spacial score (nSPS) is 15.2. The number of hydrogen-bond donors (Lipinski definition) is 0. The lowest BCUT2D eigenvalue weighted by Crippen LogP contribution is -2.40. The van der Waals surface area contributed by atoms with Gasteiger partial charge in [-0.3, -0.25) is 9.36 Å². The molecule has 1 atom stereocenters. The number of aryl methyl sites for hydroxylation is 1. The first-order valence-electron chi connectivity index (χ1n) is 13.0. The lowest BCUT2D eigenvalue weighted by atomic mass is 9.95. The maximum Gasteiger partial charge on any atom is 0.338 e. The van der Waals surface area contributed by atoms with E-state index in [2.05, 4.69) is 4.99 Å². The standard InChI is InChI=1S/C31H31FN4O3S/c1-7-39-30(38)27-19(3)33-31-36(28(27)21-8-12-24(13-9-21)34(5)6)29(37)26(40-31)17-22-16-18(2)35(20(22)4)25-14-10-23(32)11-15-25/h8-17,28H,7H2,1-6H3/b26-17-/t28-/m1/s1. The summed E-state index contributed by atoms with van der Waals surface area (Å²) >= 11 is 1.29. The number of hydrogen-bond acceptors (Lipinski definition) is 6. The molecule has 0 saturated carbocycles. The fraction of sp³-hybridized carbons (Fsp3) is 0.258. The molecule has 2 aromatic carbocycles. The predicted octanol–water partition coefficient (Wildman–Crippen LogP) is 4.41. The van der Waals surface area contributed by atoms with E-state index >= 15 is 0 Å². The quantitative estimate of drug-likeness (QED) is 0.329. The summed E-state index contributed by atoms with van der Waals surface area (Å²) < 4.78 is 23.0. The van der Waals surface area contributed by atoms with Crippen LogP contribution in [-0.4, -0.2) is 35.8 Å². The topological polar surface area (TPSA) is 68.8 Å². The largest absolute Gasteiger partial charge is 0.463 e. The molecule has 0 amide bonds. The average Bonchev–Trinajstić information content (AvgIpc) is 3.38. The van der Waals surface area contributed by atoms with Crippen LogP contribution in [0.3, 0.4) is 0 Å². The second kappa shape index (κ2) is 10.7. The van der Waals surface area contributed by atoms with Gasteiger partial charge in [0.2, 0.25) is 0 Å². The van der Waals surface area contributed by atoms with Gasteiger partial charge in [-0.2, -0.15) is 0 Å². The van der Waals surface area contributed by atoms with Crippen LogP contribution in [0.25, 0.3) is 11.8 Å². The number of rotatable bonds is 6. The van der Waals surface area contributed by atoms with Crippen molar-refractivity contribution < 1.29 is 13.9 Å². The van der Waals surface area contributed by atoms with Crippen LogP contribution in [0.2, 0.25) is 0 Å². The first kappa shape index (κ1) is 27.3. The Morgan fingerprint density at radius 2 is 1.77 bits per heavy atom. The summed E-state index contributed by atoms with van der Waals surface area (Å²) in [5, 5.41) is 0. The average molecular weight is 559 g/mol. The number of fused-ring (bicyclic) bond motifs is 1. The van der Waals surface area contributed by atoms with Gasteiger partial charge in [0, 0.05) is 36.9 Å². The highest BCUT2D eigenvalue weighted by Gasteiger charge is 2.33. The van der Waals surface area contributed by atoms with Gasteiger partial charge in [0.15, 0.2) is 4.80 Å². The molecule has 0 radical (unpaired) electrons. The molecule has 7 nitrogen and oxygen atoms in total. The third-order valence-corrected chi connectivity index (χ3v) is 8.07. The fourth-order valence-electron chi connectivity index (χ4n) is 5.12. The monoisotopic (exact) mass is 558 g/mol. The molecule has 1 aliphatic heterocycles. The maximum absolute atomic E-state index is 14.0. The number of ether oxygens (including phenoxy) is 1. The lowest BCUT2D eigenvalue weighted by Gasteiger charge is -2.25. The van der Waals surface area contributed by atoms with Crippen LogP contribution in [0.5, 0.6) is 0 Å². The summed E-state index contributed by atoms with van der Waals surface area (Å²) in [4.78, 5) is 34.3. The van der Waals surface area contributed by atoms with E-state index in [4.69, 9.17) is 4.74 Å². The minimum Gasteiger partial charge on any atom is -0.463 e. The molecule has 0 fully saturated rings. The van der Waals surface area contributed by atoms with Gasteiger partial charge in [0.25, 0.3) is 5.56 Å². The number of aromatic nitrogens is 2. The van der Waals surface area contributed by atoms with Crippen molar-refractivity contribution >= 4 is 29.1 Å². The summed E-state index contributed by atoms with van der Waals surface area (Å²) in [7, 11) is 3.92. The Morgan fingerprint density at radius 3 is 2.40 bits per heavy atom. The van der Waals surface area contributed by atoms with E-state index < -0.39 is 12.0 Å². The first-order chi connectivity index (χ1) is 19.1. The van der Waals surface area contributed by atoms with E-state index in [0.29, 0.717) is 20.6 Å². The summed E-state index contributed by atoms with van der Waals surface area (Å²) in [5.41, 5.74) is 6.06. The van der Waals surface area contributed by atoms with E-state index in [9.17, 15) is 14.0 Å². The van der Waals surface area contributed by atoms with Crippen molar-refractivity contribution in [2.24, 2.45) is 4.99 Å². The number of carbonyl (C=O) groups is 1. The number of esters is 1. The maximum atomic E-state index is 14.0. The molecule has 0 N–H and O–H groups in total. The molecule has 40 heavy (non-hydrogen) atoms. The fourth-order valence-corrected chi connectivity index (χ4v) is 6.16. The zero-order chi connectivity index (χ0) is 28.7. The van der Waals surface area contributed by atoms with Crippen LogP contribution >= 0.6 is 11.3 Å². The van der Waals surface area contributed by atoms with Crippen molar-refractivity contribution in [1.29, 1.82) is 0 Å². The number of anilines is 1. The van der Waals surface area contributed by atoms with Crippen LogP contribution in [0, 0.1) is 19.7 Å². The molecule has 3 heterocycles. The van der Waals surface area contributed by atoms with E-state index in [1.807, 2.05) is 73.8 Å². The molecule has 0 bridgehead atoms. The third-order valence-electron chi connectivity index (χ3n) is 7.08. The summed E-state index contributed by atoms with van der Waals surface area (Å²) in [6, 6.07) is 15.5. The Bertz CT molecular complexity index is 1810. The summed E-state index contributed by atoms with van der Waals surface area (Å²) in [5.74, 6) is -0.779. The molecule has 0 saturated heterocycles. The number of allylic oxidation sites excluding steroid dienone is 1. The van der Waals surface area contributed by atoms with Crippen molar-refractivity contribution in [3.05, 3.63) is 114 Å². The van der Waals surface area contributed by atoms with Gasteiger partial charge in [0.1, 0.15) is 5.82 Å². The molecular formula is C31H31FN4O3S. The van der Waals surface area contributed by atoms with Gasteiger partial charge in [-0.1, -0.05) is 23.5 Å². The second-order valence-corrected chi connectivity index (χ2v) is 10.9. The van der Waals surface area contributed by atoms with Gasteiger partial charge >= 0.3 is 5.97 Å². The van der Waals surface area contributed by atoms with Crippen molar-refractivity contribution in [3.63, 3.8) is 0 Å². The second-order valence-electron chi connectivity index (χ2n) is 9.93. The molecule has 1 aliphatic rings. The van der Waals surface area contributed by atoms with Crippen LogP contribution in [-0.2, 0) is 9.53 Å². The van der Waals surface area contributed by atoms with Crippen LogP contribution < -0.4 is 19.8 Å². The highest BCUT2D eigenvalue weighted by molar-refractivity contribution is 7.07. The van der Waals surface area contributed by atoms with Gasteiger partial charge in [0.05, 0.1) is 28.5 Å². The van der Waals surface area contributed by atoms with E-state index in [1.54, 1.807) is 30.5 Å². The highest BCUT2D eigenvalue weighted by Crippen LogP contribution is 2.31. The predicted molar refractivity (Wildman–Crippen MR) is 156 cm³/mol. The molecule has 0 spiro atoms. The Kier molecular flexibility index (Phi) is 7.33. The third kappa shape index (κ3) is 4.81. The SMILES string of the molecule is CCOC(=O)C1=C(C)N=c2s/c(=C\c3cc(C)n(-c4ccc(F)cc4)c3C)c(=O)n2[C@@H]1c1ccc(N(C)C)cc1. The molecule has 0 unspecified atom stereocenters. The number of nitrogens with zero attached hydrogens (tertiary/aromatic N) is 4. The first-order valence-corrected chi connectivity index (χ1v) is 13.8. The molecule has 4 aromatic rings. The van der Waals surface area contributed by atoms with E-state index in [1.165, 1.54) is 23.5 Å². The zero-order valence-corrected chi connectivity index (χ0v) is 24.2. The Labute approximate surface area is 235 Å². The molecule has 206 valence electrons. The smallest absolute Gasteiger partial charge is 0.338 e. The van der Waals surface area contributed by atoms with Gasteiger partial charge in [-0.15, -0.1) is 0 Å². The molecule has 5 rings (SSSR count). The van der Waals surface area contributed by atoms with E-state index in [0.717, 1.165) is 33.9 Å². The minimum absolute atomic E-state index is 0.218. The summed E-state index contributed by atoms with van der Waals surface area (Å²) in [6.07, 6.45) is 1.86. The Balaban J connectivity index is 1.67. The van der Waals surface area contributed by atoms with E-state index in [-0.39, 0.29) is 18.0 Å². The Hall–Kier alpha value is -4.24. The molecule has 0 aliphatic carbocycles. The number of benzene rings is 2. The number of thiazole rings is 1. The van der Waals surface area contributed by atoms with Crippen molar-refractivity contribution in [1.82, 2.24) is 9.13 Å². The van der Waals surface area contributed by atoms with Crippen LogP contribution in [0.4, 0.5) is 10.1 Å². The van der Waals surface area contributed by atoms with Crippen molar-refractivity contribution in [2.45, 2.75) is 33.7 Å². The van der Waals surface area contributed by atoms with Crippen LogP contribution in [0.15, 0.2) is 75.7 Å². The number of carbonyl (C=O) groups excluding carboxylic acids is 1. The van der Waals surface area contributed by atoms with Gasteiger partial charge in [-0.05, 0) is 87.4 Å². The molecule has 2 aromatic heterocycles.